The maximum Gasteiger partial charge on any atom is 0.522 e. The van der Waals surface area contributed by atoms with Gasteiger partial charge in [-0.3, -0.25) is 14.2 Å². The number of aromatic amines is 1. The number of rotatable bonds is 7. The quantitative estimate of drug-likeness (QED) is 0.393. The SMILES string of the molecule is Cc1cc2nc(COC(F)(F)F)cn2c(Nc2cc([C@H]3CC[C@@H](OC(=O)NC45CC(C4)C5)[C@H]3F)[nH]n2)n1. The van der Waals surface area contributed by atoms with Gasteiger partial charge < -0.3 is 15.4 Å². The van der Waals surface area contributed by atoms with Gasteiger partial charge in [0.25, 0.3) is 0 Å². The van der Waals surface area contributed by atoms with Crippen LogP contribution in [0.3, 0.4) is 0 Å². The number of imidazole rings is 1. The number of ether oxygens (including phenoxy) is 2. The van der Waals surface area contributed by atoms with Gasteiger partial charge >= 0.3 is 12.5 Å². The van der Waals surface area contributed by atoms with E-state index in [4.69, 9.17) is 4.74 Å². The fourth-order valence-electron chi connectivity index (χ4n) is 5.56. The lowest BCUT2D eigenvalue weighted by atomic mass is 9.50. The molecule has 4 fully saturated rings. The highest BCUT2D eigenvalue weighted by atomic mass is 19.4. The summed E-state index contributed by atoms with van der Waals surface area (Å²) in [6, 6.07) is 3.26. The summed E-state index contributed by atoms with van der Waals surface area (Å²) in [5.41, 5.74) is 1.44. The first-order chi connectivity index (χ1) is 17.6. The minimum Gasteiger partial charge on any atom is -0.443 e. The van der Waals surface area contributed by atoms with Crippen molar-refractivity contribution in [1.29, 1.82) is 0 Å². The number of aromatic nitrogens is 5. The number of hydrogen-bond donors (Lipinski definition) is 3. The van der Waals surface area contributed by atoms with Crippen LogP contribution >= 0.6 is 0 Å². The minimum atomic E-state index is -4.77. The van der Waals surface area contributed by atoms with E-state index >= 15 is 4.39 Å². The van der Waals surface area contributed by atoms with Crippen molar-refractivity contribution < 1.29 is 31.8 Å². The van der Waals surface area contributed by atoms with Gasteiger partial charge in [0.1, 0.15) is 17.9 Å². The van der Waals surface area contributed by atoms with E-state index in [0.29, 0.717) is 41.6 Å². The molecule has 3 heterocycles. The molecule has 0 spiro atoms. The van der Waals surface area contributed by atoms with Crippen molar-refractivity contribution in [2.75, 3.05) is 5.32 Å². The maximum absolute atomic E-state index is 15.2. The summed E-state index contributed by atoms with van der Waals surface area (Å²) in [5, 5.41) is 12.9. The van der Waals surface area contributed by atoms with Crippen LogP contribution in [-0.2, 0) is 16.1 Å². The van der Waals surface area contributed by atoms with E-state index in [2.05, 4.69) is 35.5 Å². The molecule has 3 aromatic heterocycles. The number of carbonyl (C=O) groups is 1. The lowest BCUT2D eigenvalue weighted by Crippen LogP contribution is -2.68. The van der Waals surface area contributed by atoms with E-state index in [-0.39, 0.29) is 17.2 Å². The van der Waals surface area contributed by atoms with Crippen molar-refractivity contribution in [1.82, 2.24) is 29.9 Å². The minimum absolute atomic E-state index is 0.0748. The Morgan fingerprint density at radius 3 is 2.73 bits per heavy atom. The molecule has 0 radical (unpaired) electrons. The third-order valence-corrected chi connectivity index (χ3v) is 7.42. The lowest BCUT2D eigenvalue weighted by molar-refractivity contribution is -0.330. The van der Waals surface area contributed by atoms with Crippen molar-refractivity contribution in [2.45, 2.75) is 75.7 Å². The number of carbonyl (C=O) groups excluding carboxylic acids is 1. The zero-order valence-corrected chi connectivity index (χ0v) is 19.8. The fourth-order valence-corrected chi connectivity index (χ4v) is 5.56. The van der Waals surface area contributed by atoms with Crippen LogP contribution in [0, 0.1) is 12.8 Å². The van der Waals surface area contributed by atoms with Crippen molar-refractivity contribution in [3.05, 3.63) is 35.4 Å². The molecule has 3 atom stereocenters. The van der Waals surface area contributed by atoms with Gasteiger partial charge in [-0.25, -0.2) is 19.2 Å². The van der Waals surface area contributed by atoms with Gasteiger partial charge in [-0.1, -0.05) is 0 Å². The van der Waals surface area contributed by atoms with E-state index in [1.807, 2.05) is 0 Å². The number of alkyl carbamates (subject to hydrolysis) is 1. The standard InChI is InChI=1S/C23H25F4N7O3/c1-11-4-18-29-13(10-36-23(25,26)27)9-34(18)20(28-11)30-17-5-15(32-33-17)14-2-3-16(19(14)24)37-21(35)31-22-6-12(7-22)8-22/h4-5,9,12,14,16,19H,2-3,6-8,10H2,1H3,(H,31,35)(H2,28,30,32,33)/t12?,14-,16-,19+,22?/m1/s1. The average Bonchev–Trinajstić information content (AvgIpc) is 3.47. The highest BCUT2D eigenvalue weighted by Crippen LogP contribution is 2.57. The largest absolute Gasteiger partial charge is 0.522 e. The Bertz CT molecular complexity index is 1320. The molecule has 37 heavy (non-hydrogen) atoms. The normalized spacial score (nSPS) is 28.6. The fraction of sp³-hybridized carbons (Fsp3) is 0.565. The zero-order valence-electron chi connectivity index (χ0n) is 19.8. The first kappa shape index (κ1) is 23.9. The molecule has 4 aliphatic rings. The molecule has 3 N–H and O–H groups in total. The van der Waals surface area contributed by atoms with Gasteiger partial charge in [0.15, 0.2) is 5.82 Å². The molecule has 14 heteroatoms. The van der Waals surface area contributed by atoms with Gasteiger partial charge in [-0.2, -0.15) is 5.10 Å². The second-order valence-electron chi connectivity index (χ2n) is 10.2. The number of H-pyrrole nitrogens is 1. The molecule has 2 bridgehead atoms. The summed E-state index contributed by atoms with van der Waals surface area (Å²) < 4.78 is 63.2. The molecule has 7 rings (SSSR count). The third kappa shape index (κ3) is 4.69. The molecular weight excluding hydrogens is 498 g/mol. The summed E-state index contributed by atoms with van der Waals surface area (Å²) in [6.07, 6.45) is -2.37. The summed E-state index contributed by atoms with van der Waals surface area (Å²) in [4.78, 5) is 20.8. The van der Waals surface area contributed by atoms with E-state index < -0.39 is 37.3 Å². The Balaban J connectivity index is 1.11. The number of nitrogens with zero attached hydrogens (tertiary/aromatic N) is 4. The van der Waals surface area contributed by atoms with Crippen molar-refractivity contribution in [2.24, 2.45) is 5.92 Å². The lowest BCUT2D eigenvalue weighted by Gasteiger charge is -2.61. The molecule has 0 unspecified atom stereocenters. The number of hydrogen-bond acceptors (Lipinski definition) is 7. The first-order valence-electron chi connectivity index (χ1n) is 12.1. The summed E-state index contributed by atoms with van der Waals surface area (Å²) in [7, 11) is 0. The van der Waals surface area contributed by atoms with E-state index in [0.717, 1.165) is 19.3 Å². The van der Waals surface area contributed by atoms with Gasteiger partial charge in [0, 0.05) is 41.2 Å². The van der Waals surface area contributed by atoms with E-state index in [9.17, 15) is 18.0 Å². The Hall–Kier alpha value is -3.42. The Kier molecular flexibility index (Phi) is 5.55. The van der Waals surface area contributed by atoms with Crippen molar-refractivity contribution >= 4 is 23.5 Å². The molecular formula is C23H25F4N7O3. The summed E-state index contributed by atoms with van der Waals surface area (Å²) in [5.74, 6) is 0.793. The maximum atomic E-state index is 15.2. The number of anilines is 2. The number of aryl methyl sites for hydroxylation is 1. The molecule has 0 saturated heterocycles. The highest BCUT2D eigenvalue weighted by Gasteiger charge is 2.58. The van der Waals surface area contributed by atoms with Crippen LogP contribution in [0.25, 0.3) is 5.65 Å². The Morgan fingerprint density at radius 2 is 2.03 bits per heavy atom. The number of halogens is 4. The van der Waals surface area contributed by atoms with Crippen LogP contribution in [0.15, 0.2) is 18.3 Å². The number of nitrogens with one attached hydrogen (secondary N) is 3. The topological polar surface area (TPSA) is 118 Å². The van der Waals surface area contributed by atoms with Crippen LogP contribution in [0.4, 0.5) is 34.1 Å². The van der Waals surface area contributed by atoms with Crippen LogP contribution in [0.1, 0.15) is 55.1 Å². The predicted molar refractivity (Wildman–Crippen MR) is 121 cm³/mol. The average molecular weight is 523 g/mol. The molecule has 0 aromatic carbocycles. The third-order valence-electron chi connectivity index (χ3n) is 7.42. The first-order valence-corrected chi connectivity index (χ1v) is 12.1. The van der Waals surface area contributed by atoms with Gasteiger partial charge in [0.05, 0.1) is 12.3 Å². The Morgan fingerprint density at radius 1 is 1.24 bits per heavy atom. The second-order valence-corrected chi connectivity index (χ2v) is 10.2. The van der Waals surface area contributed by atoms with Gasteiger partial charge in [-0.15, -0.1) is 13.2 Å². The number of amides is 1. The van der Waals surface area contributed by atoms with Crippen LogP contribution in [0.5, 0.6) is 0 Å². The van der Waals surface area contributed by atoms with Gasteiger partial charge in [-0.05, 0) is 44.9 Å². The van der Waals surface area contributed by atoms with Crippen molar-refractivity contribution in [3.8, 4) is 0 Å². The molecule has 4 aliphatic carbocycles. The number of alkyl halides is 4. The van der Waals surface area contributed by atoms with Crippen LogP contribution in [-0.4, -0.2) is 54.8 Å². The Labute approximate surface area is 208 Å². The van der Waals surface area contributed by atoms with Crippen molar-refractivity contribution in [3.63, 3.8) is 0 Å². The molecule has 3 aromatic rings. The summed E-state index contributed by atoms with van der Waals surface area (Å²) >= 11 is 0. The van der Waals surface area contributed by atoms with Crippen LogP contribution < -0.4 is 10.6 Å². The number of fused-ring (bicyclic) bond motifs is 1. The van der Waals surface area contributed by atoms with Gasteiger partial charge in [0.2, 0.25) is 5.95 Å². The molecule has 4 saturated carbocycles. The molecule has 10 nitrogen and oxygen atoms in total. The van der Waals surface area contributed by atoms with Crippen LogP contribution in [0.2, 0.25) is 0 Å². The second kappa shape index (κ2) is 8.57. The van der Waals surface area contributed by atoms with E-state index in [1.165, 1.54) is 10.6 Å². The summed E-state index contributed by atoms with van der Waals surface area (Å²) in [6.45, 7) is 0.983. The highest BCUT2D eigenvalue weighted by molar-refractivity contribution is 5.69. The molecule has 198 valence electrons. The molecule has 0 aliphatic heterocycles. The molecule has 1 amide bonds. The zero-order chi connectivity index (χ0) is 25.9. The predicted octanol–water partition coefficient (Wildman–Crippen LogP) is 4.40. The smallest absolute Gasteiger partial charge is 0.443 e. The van der Waals surface area contributed by atoms with E-state index in [1.54, 1.807) is 19.1 Å². The monoisotopic (exact) mass is 523 g/mol.